The van der Waals surface area contributed by atoms with Gasteiger partial charge in [0.25, 0.3) is 0 Å². The lowest BCUT2D eigenvalue weighted by Crippen LogP contribution is -2.56. The Kier molecular flexibility index (Phi) is 3.17. The topological polar surface area (TPSA) is 34.1 Å². The highest BCUT2D eigenvalue weighted by Crippen LogP contribution is 2.61. The number of carbonyl (C=O) groups excluding carboxylic acids is 2. The van der Waals surface area contributed by atoms with Gasteiger partial charge in [-0.1, -0.05) is 27.7 Å². The molecule has 0 amide bonds. The average Bonchev–Trinajstić information content (AvgIpc) is 2.29. The van der Waals surface area contributed by atoms with Crippen LogP contribution in [0, 0.1) is 29.1 Å². The van der Waals surface area contributed by atoms with Crippen LogP contribution in [0.4, 0.5) is 0 Å². The van der Waals surface area contributed by atoms with E-state index in [1.165, 1.54) is 6.42 Å². The van der Waals surface area contributed by atoms with Gasteiger partial charge in [-0.2, -0.15) is 0 Å². The summed E-state index contributed by atoms with van der Waals surface area (Å²) < 4.78 is 0. The van der Waals surface area contributed by atoms with Gasteiger partial charge >= 0.3 is 0 Å². The van der Waals surface area contributed by atoms with Crippen molar-refractivity contribution in [3.05, 3.63) is 0 Å². The number of hydrogen-bond donors (Lipinski definition) is 0. The van der Waals surface area contributed by atoms with Gasteiger partial charge in [0.05, 0.1) is 0 Å². The number of Topliss-reactive ketones (excluding diaryl/α,β-unsaturated/α-hetero) is 2. The predicted octanol–water partition coefficient (Wildman–Crippen LogP) is 3.24. The molecule has 2 heteroatoms. The molecule has 0 heterocycles. The second kappa shape index (κ2) is 4.22. The third-order valence-electron chi connectivity index (χ3n) is 5.40. The Morgan fingerprint density at radius 2 is 2.12 bits per heavy atom. The van der Waals surface area contributed by atoms with E-state index < -0.39 is 0 Å². The van der Waals surface area contributed by atoms with Crippen LogP contribution in [-0.2, 0) is 9.59 Å². The monoisotopic (exact) mass is 236 g/mol. The summed E-state index contributed by atoms with van der Waals surface area (Å²) in [4.78, 5) is 23.7. The van der Waals surface area contributed by atoms with Crippen LogP contribution >= 0.6 is 0 Å². The second-order valence-electron chi connectivity index (χ2n) is 6.59. The summed E-state index contributed by atoms with van der Waals surface area (Å²) in [6.45, 7) is 8.47. The highest BCUT2D eigenvalue weighted by atomic mass is 16.1. The van der Waals surface area contributed by atoms with Gasteiger partial charge in [-0.25, -0.2) is 0 Å². The first-order valence-corrected chi connectivity index (χ1v) is 6.93. The van der Waals surface area contributed by atoms with Crippen molar-refractivity contribution >= 4 is 11.6 Å². The minimum atomic E-state index is 0.0573. The Morgan fingerprint density at radius 3 is 2.65 bits per heavy atom. The summed E-state index contributed by atoms with van der Waals surface area (Å²) in [6, 6.07) is 0. The fourth-order valence-corrected chi connectivity index (χ4v) is 3.86. The van der Waals surface area contributed by atoms with E-state index in [4.69, 9.17) is 0 Å². The molecule has 0 saturated heterocycles. The first kappa shape index (κ1) is 12.8. The zero-order chi connectivity index (χ0) is 12.8. The summed E-state index contributed by atoms with van der Waals surface area (Å²) in [7, 11) is 0. The minimum absolute atomic E-state index is 0.0573. The van der Waals surface area contributed by atoms with Crippen molar-refractivity contribution in [3.8, 4) is 0 Å². The van der Waals surface area contributed by atoms with Gasteiger partial charge in [0.2, 0.25) is 0 Å². The van der Waals surface area contributed by atoms with E-state index in [2.05, 4.69) is 13.8 Å². The Labute approximate surface area is 104 Å². The number of hydrogen-bond acceptors (Lipinski definition) is 2. The van der Waals surface area contributed by atoms with Crippen molar-refractivity contribution < 1.29 is 9.59 Å². The molecular formula is C15H24O2. The quantitative estimate of drug-likeness (QED) is 0.751. The molecule has 3 saturated carbocycles. The molecule has 0 aromatic carbocycles. The summed E-state index contributed by atoms with van der Waals surface area (Å²) in [6.07, 6.45) is 3.34. The van der Waals surface area contributed by atoms with E-state index in [9.17, 15) is 9.59 Å². The zero-order valence-corrected chi connectivity index (χ0v) is 11.5. The van der Waals surface area contributed by atoms with Crippen molar-refractivity contribution in [3.63, 3.8) is 0 Å². The molecule has 2 nitrogen and oxygen atoms in total. The lowest BCUT2D eigenvalue weighted by Gasteiger charge is -2.59. The van der Waals surface area contributed by atoms with E-state index in [-0.39, 0.29) is 11.8 Å². The Hall–Kier alpha value is -0.660. The molecule has 3 rings (SSSR count). The van der Waals surface area contributed by atoms with E-state index in [0.29, 0.717) is 35.2 Å². The molecule has 1 unspecified atom stereocenters. The Bertz CT molecular complexity index is 343. The van der Waals surface area contributed by atoms with Crippen molar-refractivity contribution in [2.75, 3.05) is 0 Å². The molecule has 0 N–H and O–H groups in total. The summed E-state index contributed by atoms with van der Waals surface area (Å²) in [5.41, 5.74) is 0.327. The van der Waals surface area contributed by atoms with Gasteiger partial charge in [0, 0.05) is 24.7 Å². The van der Waals surface area contributed by atoms with E-state index >= 15 is 0 Å². The number of fused-ring (bicyclic) bond motifs is 2. The molecule has 4 atom stereocenters. The van der Waals surface area contributed by atoms with Gasteiger partial charge in [0.15, 0.2) is 0 Å². The summed E-state index contributed by atoms with van der Waals surface area (Å²) >= 11 is 0. The fourth-order valence-electron chi connectivity index (χ4n) is 3.86. The molecule has 2 bridgehead atoms. The Morgan fingerprint density at radius 1 is 1.47 bits per heavy atom. The molecule has 0 aromatic rings. The Balaban J connectivity index is 2.05. The van der Waals surface area contributed by atoms with Crippen molar-refractivity contribution in [1.29, 1.82) is 0 Å². The predicted molar refractivity (Wildman–Crippen MR) is 67.6 cm³/mol. The number of carbonyl (C=O) groups is 2. The smallest absolute Gasteiger partial charge is 0.136 e. The van der Waals surface area contributed by atoms with Crippen molar-refractivity contribution in [2.45, 2.75) is 53.4 Å². The van der Waals surface area contributed by atoms with Crippen LogP contribution < -0.4 is 0 Å². The third-order valence-corrected chi connectivity index (χ3v) is 5.40. The normalized spacial score (nSPS) is 36.2. The molecule has 3 aliphatic rings. The minimum Gasteiger partial charge on any atom is -0.299 e. The van der Waals surface area contributed by atoms with Gasteiger partial charge in [-0.15, -0.1) is 0 Å². The molecule has 17 heavy (non-hydrogen) atoms. The second-order valence-corrected chi connectivity index (χ2v) is 6.59. The summed E-state index contributed by atoms with van der Waals surface area (Å²) in [5, 5.41) is 0. The maximum atomic E-state index is 12.1. The molecule has 0 radical (unpaired) electrons. The van der Waals surface area contributed by atoms with Crippen LogP contribution in [-0.4, -0.2) is 11.6 Å². The molecule has 0 aromatic heterocycles. The van der Waals surface area contributed by atoms with Crippen LogP contribution in [0.15, 0.2) is 0 Å². The van der Waals surface area contributed by atoms with Gasteiger partial charge in [-0.05, 0) is 30.1 Å². The first-order valence-electron chi connectivity index (χ1n) is 6.93. The van der Waals surface area contributed by atoms with Gasteiger partial charge in [-0.3, -0.25) is 9.59 Å². The van der Waals surface area contributed by atoms with Crippen LogP contribution in [0.2, 0.25) is 0 Å². The van der Waals surface area contributed by atoms with Gasteiger partial charge < -0.3 is 0 Å². The van der Waals surface area contributed by atoms with E-state index in [0.717, 1.165) is 12.8 Å². The standard InChI is InChI=1S/C15H24O2/c1-5-13(16)9(2)6-11-12-7-10(8-14(11)17)15(12,3)4/h9-12H,5-8H2,1-4H3/t9?,10-,11-,12+/m1/s1. The van der Waals surface area contributed by atoms with E-state index in [1.807, 2.05) is 13.8 Å². The number of ketones is 2. The highest BCUT2D eigenvalue weighted by Gasteiger charge is 2.57. The average molecular weight is 236 g/mol. The molecule has 3 aliphatic carbocycles. The third kappa shape index (κ3) is 1.96. The largest absolute Gasteiger partial charge is 0.299 e. The SMILES string of the molecule is CCC(=O)C(C)C[C@H]1C(=O)C[C@H]2C[C@@H]1C2(C)C. The highest BCUT2D eigenvalue weighted by molar-refractivity contribution is 5.85. The van der Waals surface area contributed by atoms with Crippen LogP contribution in [0.1, 0.15) is 53.4 Å². The van der Waals surface area contributed by atoms with Crippen LogP contribution in [0.5, 0.6) is 0 Å². The summed E-state index contributed by atoms with van der Waals surface area (Å²) in [5.74, 6) is 2.06. The molecule has 3 fully saturated rings. The fraction of sp³-hybridized carbons (Fsp3) is 0.867. The maximum Gasteiger partial charge on any atom is 0.136 e. The zero-order valence-electron chi connectivity index (χ0n) is 11.5. The first-order chi connectivity index (χ1) is 7.87. The molecule has 96 valence electrons. The van der Waals surface area contributed by atoms with Crippen LogP contribution in [0.3, 0.4) is 0 Å². The van der Waals surface area contributed by atoms with Crippen LogP contribution in [0.25, 0.3) is 0 Å². The van der Waals surface area contributed by atoms with Gasteiger partial charge in [0.1, 0.15) is 11.6 Å². The maximum absolute atomic E-state index is 12.1. The lowest BCUT2D eigenvalue weighted by molar-refractivity contribution is -0.157. The molecular weight excluding hydrogens is 212 g/mol. The molecule has 0 aliphatic heterocycles. The van der Waals surface area contributed by atoms with E-state index in [1.54, 1.807) is 0 Å². The lowest BCUT2D eigenvalue weighted by atomic mass is 9.44. The number of rotatable bonds is 4. The van der Waals surface area contributed by atoms with Crippen molar-refractivity contribution in [2.24, 2.45) is 29.1 Å². The molecule has 0 spiro atoms. The van der Waals surface area contributed by atoms with Crippen molar-refractivity contribution in [1.82, 2.24) is 0 Å².